The van der Waals surface area contributed by atoms with Crippen LogP contribution in [-0.2, 0) is 7.05 Å². The fourth-order valence-electron chi connectivity index (χ4n) is 2.42. The number of benzene rings is 1. The molecule has 0 aliphatic carbocycles. The van der Waals surface area contributed by atoms with Crippen LogP contribution in [0, 0.1) is 0 Å². The number of nitrogens with zero attached hydrogens (tertiary/aromatic N) is 4. The fraction of sp³-hybridized carbons (Fsp3) is 0.385. The molecule has 6 heteroatoms. The van der Waals surface area contributed by atoms with Crippen LogP contribution in [0.1, 0.15) is 10.5 Å². The number of rotatable bonds is 1. The molecular formula is C13H16N4O2. The van der Waals surface area contributed by atoms with Crippen molar-refractivity contribution in [1.82, 2.24) is 19.7 Å². The van der Waals surface area contributed by atoms with Crippen LogP contribution in [0.15, 0.2) is 24.3 Å². The lowest BCUT2D eigenvalue weighted by Gasteiger charge is -2.30. The third kappa shape index (κ3) is 2.09. The Labute approximate surface area is 110 Å². The molecule has 2 heterocycles. The molecular weight excluding hydrogens is 244 g/mol. The van der Waals surface area contributed by atoms with Crippen LogP contribution in [-0.4, -0.2) is 57.0 Å². The number of carbonyl (C=O) groups is 1. The summed E-state index contributed by atoms with van der Waals surface area (Å²) in [5, 5.41) is 15.8. The molecule has 2 aromatic rings. The van der Waals surface area contributed by atoms with Gasteiger partial charge in [-0.25, -0.2) is 0 Å². The zero-order valence-corrected chi connectivity index (χ0v) is 10.8. The Bertz CT molecular complexity index is 614. The smallest absolute Gasteiger partial charge is 0.275 e. The van der Waals surface area contributed by atoms with E-state index in [0.717, 1.165) is 10.9 Å². The third-order valence-electron chi connectivity index (χ3n) is 3.50. The molecule has 1 saturated heterocycles. The van der Waals surface area contributed by atoms with Gasteiger partial charge in [0.25, 0.3) is 5.91 Å². The SMILES string of the molecule is Cn1nc(C(=O)N2CCN(O)CC2)c2ccccc21. The van der Waals surface area contributed by atoms with E-state index in [1.165, 1.54) is 5.06 Å². The highest BCUT2D eigenvalue weighted by Gasteiger charge is 2.25. The van der Waals surface area contributed by atoms with Crippen molar-refractivity contribution in [2.75, 3.05) is 26.2 Å². The molecule has 6 nitrogen and oxygen atoms in total. The van der Waals surface area contributed by atoms with Crippen molar-refractivity contribution in [3.8, 4) is 0 Å². The molecule has 0 radical (unpaired) electrons. The minimum absolute atomic E-state index is 0.0649. The molecule has 0 bridgehead atoms. The largest absolute Gasteiger partial charge is 0.334 e. The number of amides is 1. The van der Waals surface area contributed by atoms with Gasteiger partial charge in [0.05, 0.1) is 5.52 Å². The summed E-state index contributed by atoms with van der Waals surface area (Å²) in [6, 6.07) is 7.71. The van der Waals surface area contributed by atoms with Gasteiger partial charge in [-0.3, -0.25) is 9.48 Å². The maximum atomic E-state index is 12.5. The van der Waals surface area contributed by atoms with Crippen LogP contribution in [0.2, 0.25) is 0 Å². The maximum absolute atomic E-state index is 12.5. The van der Waals surface area contributed by atoms with Gasteiger partial charge in [-0.15, -0.1) is 0 Å². The molecule has 0 saturated carbocycles. The van der Waals surface area contributed by atoms with E-state index in [1.54, 1.807) is 9.58 Å². The minimum atomic E-state index is -0.0649. The third-order valence-corrected chi connectivity index (χ3v) is 3.50. The summed E-state index contributed by atoms with van der Waals surface area (Å²) >= 11 is 0. The Morgan fingerprint density at radius 3 is 2.63 bits per heavy atom. The van der Waals surface area contributed by atoms with Crippen LogP contribution in [0.5, 0.6) is 0 Å². The van der Waals surface area contributed by atoms with Gasteiger partial charge < -0.3 is 10.1 Å². The molecule has 1 aliphatic heterocycles. The summed E-state index contributed by atoms with van der Waals surface area (Å²) < 4.78 is 1.73. The average molecular weight is 260 g/mol. The monoisotopic (exact) mass is 260 g/mol. The number of aryl methyl sites for hydroxylation is 1. The highest BCUT2D eigenvalue weighted by Crippen LogP contribution is 2.19. The second-order valence-corrected chi connectivity index (χ2v) is 4.74. The molecule has 1 aromatic heterocycles. The Morgan fingerprint density at radius 2 is 1.89 bits per heavy atom. The van der Waals surface area contributed by atoms with Crippen molar-refractivity contribution in [1.29, 1.82) is 0 Å². The van der Waals surface area contributed by atoms with Crippen LogP contribution in [0.4, 0.5) is 0 Å². The summed E-state index contributed by atoms with van der Waals surface area (Å²) in [6.45, 7) is 2.02. The second kappa shape index (κ2) is 4.64. The van der Waals surface area contributed by atoms with Gasteiger partial charge in [-0.2, -0.15) is 10.2 Å². The lowest BCUT2D eigenvalue weighted by Crippen LogP contribution is -2.47. The molecule has 1 fully saturated rings. The fourth-order valence-corrected chi connectivity index (χ4v) is 2.42. The van der Waals surface area contributed by atoms with Gasteiger partial charge in [-0.1, -0.05) is 18.2 Å². The highest BCUT2D eigenvalue weighted by molar-refractivity contribution is 6.04. The molecule has 100 valence electrons. The van der Waals surface area contributed by atoms with E-state index < -0.39 is 0 Å². The van der Waals surface area contributed by atoms with Gasteiger partial charge in [-0.05, 0) is 6.07 Å². The highest BCUT2D eigenvalue weighted by atomic mass is 16.5. The molecule has 0 atom stereocenters. The van der Waals surface area contributed by atoms with E-state index in [9.17, 15) is 10.0 Å². The second-order valence-electron chi connectivity index (χ2n) is 4.74. The number of fused-ring (bicyclic) bond motifs is 1. The van der Waals surface area contributed by atoms with Crippen LogP contribution < -0.4 is 0 Å². The first-order valence-corrected chi connectivity index (χ1v) is 6.31. The van der Waals surface area contributed by atoms with Crippen LogP contribution >= 0.6 is 0 Å². The quantitative estimate of drug-likeness (QED) is 0.820. The lowest BCUT2D eigenvalue weighted by molar-refractivity contribution is -0.112. The lowest BCUT2D eigenvalue weighted by atomic mass is 10.2. The maximum Gasteiger partial charge on any atom is 0.275 e. The van der Waals surface area contributed by atoms with Crippen LogP contribution in [0.25, 0.3) is 10.9 Å². The molecule has 1 amide bonds. The first-order valence-electron chi connectivity index (χ1n) is 6.31. The molecule has 3 rings (SSSR count). The summed E-state index contributed by atoms with van der Waals surface area (Å²) in [5.74, 6) is -0.0649. The van der Waals surface area contributed by atoms with Crippen molar-refractivity contribution in [3.63, 3.8) is 0 Å². The minimum Gasteiger partial charge on any atom is -0.334 e. The zero-order chi connectivity index (χ0) is 13.4. The van der Waals surface area contributed by atoms with E-state index in [4.69, 9.17) is 0 Å². The molecule has 1 aliphatic rings. The molecule has 1 aromatic carbocycles. The molecule has 0 spiro atoms. The number of carbonyl (C=O) groups excluding carboxylic acids is 1. The van der Waals surface area contributed by atoms with Gasteiger partial charge in [0, 0.05) is 38.6 Å². The first kappa shape index (κ1) is 12.1. The number of hydroxylamine groups is 2. The van der Waals surface area contributed by atoms with Crippen molar-refractivity contribution in [2.24, 2.45) is 7.05 Å². The number of para-hydroxylation sites is 1. The summed E-state index contributed by atoms with van der Waals surface area (Å²) in [6.07, 6.45) is 0. The van der Waals surface area contributed by atoms with Crippen molar-refractivity contribution < 1.29 is 10.0 Å². The van der Waals surface area contributed by atoms with Crippen molar-refractivity contribution >= 4 is 16.8 Å². The number of hydrogen-bond acceptors (Lipinski definition) is 4. The van der Waals surface area contributed by atoms with E-state index in [-0.39, 0.29) is 5.91 Å². The van der Waals surface area contributed by atoms with Crippen LogP contribution in [0.3, 0.4) is 0 Å². The van der Waals surface area contributed by atoms with Crippen molar-refractivity contribution in [2.45, 2.75) is 0 Å². The Morgan fingerprint density at radius 1 is 1.21 bits per heavy atom. The van der Waals surface area contributed by atoms with E-state index in [0.29, 0.717) is 31.9 Å². The Hall–Kier alpha value is -1.92. The predicted octanol–water partition coefficient (Wildman–Crippen LogP) is 0.720. The topological polar surface area (TPSA) is 61.6 Å². The summed E-state index contributed by atoms with van der Waals surface area (Å²) in [5.41, 5.74) is 1.44. The number of piperazine rings is 1. The van der Waals surface area contributed by atoms with Gasteiger partial charge >= 0.3 is 0 Å². The van der Waals surface area contributed by atoms with E-state index in [2.05, 4.69) is 5.10 Å². The van der Waals surface area contributed by atoms with Gasteiger partial charge in [0.2, 0.25) is 0 Å². The summed E-state index contributed by atoms with van der Waals surface area (Å²) in [4.78, 5) is 14.2. The number of aromatic nitrogens is 2. The Kier molecular flexibility index (Phi) is 2.96. The first-order chi connectivity index (χ1) is 9.16. The molecule has 0 unspecified atom stereocenters. The summed E-state index contributed by atoms with van der Waals surface area (Å²) in [7, 11) is 1.84. The number of hydrogen-bond donors (Lipinski definition) is 1. The van der Waals surface area contributed by atoms with E-state index in [1.807, 2.05) is 31.3 Å². The van der Waals surface area contributed by atoms with E-state index >= 15 is 0 Å². The zero-order valence-electron chi connectivity index (χ0n) is 10.8. The van der Waals surface area contributed by atoms with Gasteiger partial charge in [0.15, 0.2) is 5.69 Å². The Balaban J connectivity index is 1.94. The molecule has 1 N–H and O–H groups in total. The standard InChI is InChI=1S/C13H16N4O2/c1-15-11-5-3-2-4-10(11)12(14-15)13(18)16-6-8-17(19)9-7-16/h2-5,19H,6-9H2,1H3. The average Bonchev–Trinajstić information content (AvgIpc) is 2.77. The predicted molar refractivity (Wildman–Crippen MR) is 70.0 cm³/mol. The van der Waals surface area contributed by atoms with Crippen molar-refractivity contribution in [3.05, 3.63) is 30.0 Å². The van der Waals surface area contributed by atoms with Gasteiger partial charge in [0.1, 0.15) is 0 Å². The normalized spacial score (nSPS) is 17.1. The molecule has 19 heavy (non-hydrogen) atoms.